The highest BCUT2D eigenvalue weighted by Crippen LogP contribution is 2.13. The Labute approximate surface area is 105 Å². The molecule has 0 aromatic rings. The van der Waals surface area contributed by atoms with Crippen molar-refractivity contribution in [1.29, 1.82) is 0 Å². The molecule has 0 aliphatic carbocycles. The molecule has 0 radical (unpaired) electrons. The van der Waals surface area contributed by atoms with Crippen LogP contribution in [0.3, 0.4) is 0 Å². The van der Waals surface area contributed by atoms with Gasteiger partial charge in [-0.05, 0) is 12.8 Å². The average molecular weight is 316 g/mol. The van der Waals surface area contributed by atoms with Gasteiger partial charge in [-0.1, -0.05) is 15.9 Å². The van der Waals surface area contributed by atoms with Crippen molar-refractivity contribution < 1.29 is 17.9 Å². The number of hydrogen-bond donors (Lipinski definition) is 1. The van der Waals surface area contributed by atoms with Gasteiger partial charge in [0.1, 0.15) is 0 Å². The predicted octanol–water partition coefficient (Wildman–Crippen LogP) is 0.495. The summed E-state index contributed by atoms with van der Waals surface area (Å²) in [5, 5.41) is 0. The first-order chi connectivity index (χ1) is 7.53. The second-order valence-corrected chi connectivity index (χ2v) is 6.96. The lowest BCUT2D eigenvalue weighted by molar-refractivity contribution is 0.127. The van der Waals surface area contributed by atoms with E-state index in [1.807, 2.05) is 0 Å². The van der Waals surface area contributed by atoms with Gasteiger partial charge in [0, 0.05) is 20.3 Å². The number of alkyl halides is 1. The second-order valence-electron chi connectivity index (χ2n) is 3.82. The van der Waals surface area contributed by atoms with Crippen LogP contribution in [0.4, 0.5) is 0 Å². The second kappa shape index (κ2) is 6.90. The average Bonchev–Trinajstić information content (AvgIpc) is 2.67. The maximum atomic E-state index is 11.6. The molecule has 1 heterocycles. The van der Waals surface area contributed by atoms with Crippen LogP contribution in [0.2, 0.25) is 0 Å². The van der Waals surface area contributed by atoms with Gasteiger partial charge in [0.05, 0.1) is 23.3 Å². The smallest absolute Gasteiger partial charge is 0.214 e. The Morgan fingerprint density at radius 3 is 2.94 bits per heavy atom. The van der Waals surface area contributed by atoms with Crippen LogP contribution < -0.4 is 4.72 Å². The van der Waals surface area contributed by atoms with E-state index in [1.54, 1.807) is 7.11 Å². The van der Waals surface area contributed by atoms with Gasteiger partial charge >= 0.3 is 0 Å². The van der Waals surface area contributed by atoms with Crippen LogP contribution in [0.25, 0.3) is 0 Å². The minimum Gasteiger partial charge on any atom is -0.383 e. The maximum Gasteiger partial charge on any atom is 0.214 e. The van der Waals surface area contributed by atoms with Gasteiger partial charge in [0.2, 0.25) is 10.0 Å². The highest BCUT2D eigenvalue weighted by atomic mass is 79.9. The molecule has 0 spiro atoms. The number of halogens is 1. The van der Waals surface area contributed by atoms with Crippen molar-refractivity contribution in [2.24, 2.45) is 0 Å². The molecule has 2 atom stereocenters. The summed E-state index contributed by atoms with van der Waals surface area (Å²) in [5.41, 5.74) is 0. The van der Waals surface area contributed by atoms with Gasteiger partial charge in [0.15, 0.2) is 0 Å². The molecule has 1 rings (SSSR count). The van der Waals surface area contributed by atoms with Crippen LogP contribution in [0.15, 0.2) is 0 Å². The molecule has 0 amide bonds. The van der Waals surface area contributed by atoms with Crippen molar-refractivity contribution in [2.45, 2.75) is 23.8 Å². The van der Waals surface area contributed by atoms with Crippen molar-refractivity contribution >= 4 is 26.0 Å². The molecule has 2 unspecified atom stereocenters. The summed E-state index contributed by atoms with van der Waals surface area (Å²) in [7, 11) is -1.66. The molecule has 1 fully saturated rings. The van der Waals surface area contributed by atoms with E-state index in [4.69, 9.17) is 9.47 Å². The summed E-state index contributed by atoms with van der Waals surface area (Å²) >= 11 is 3.32. The van der Waals surface area contributed by atoms with E-state index in [2.05, 4.69) is 20.7 Å². The van der Waals surface area contributed by atoms with Crippen molar-refractivity contribution in [3.63, 3.8) is 0 Å². The van der Waals surface area contributed by atoms with E-state index in [0.29, 0.717) is 19.8 Å². The first-order valence-corrected chi connectivity index (χ1v) is 7.82. The third-order valence-corrected chi connectivity index (χ3v) is 4.31. The Balaban J connectivity index is 2.27. The summed E-state index contributed by atoms with van der Waals surface area (Å²) in [6.45, 7) is 1.48. The lowest BCUT2D eigenvalue weighted by Gasteiger charge is -2.13. The Morgan fingerprint density at radius 1 is 1.62 bits per heavy atom. The lowest BCUT2D eigenvalue weighted by atomic mass is 10.3. The standard InChI is InChI=1S/C9H18BrNO4S/c1-14-6-8(10)5-11-16(12,13)7-9-3-2-4-15-9/h8-9,11H,2-7H2,1H3. The first kappa shape index (κ1) is 14.4. The fraction of sp³-hybridized carbons (Fsp3) is 1.00. The van der Waals surface area contributed by atoms with Crippen LogP contribution in [0, 0.1) is 0 Å². The molecule has 5 nitrogen and oxygen atoms in total. The van der Waals surface area contributed by atoms with Gasteiger partial charge in [-0.15, -0.1) is 0 Å². The van der Waals surface area contributed by atoms with E-state index in [-0.39, 0.29) is 16.7 Å². The SMILES string of the molecule is COCC(Br)CNS(=O)(=O)CC1CCCO1. The first-order valence-electron chi connectivity index (χ1n) is 5.25. The van der Waals surface area contributed by atoms with Gasteiger partial charge in [-0.3, -0.25) is 0 Å². The van der Waals surface area contributed by atoms with E-state index in [1.165, 1.54) is 0 Å². The molecule has 1 N–H and O–H groups in total. The summed E-state index contributed by atoms with van der Waals surface area (Å²) < 4.78 is 36.0. The molecular formula is C9H18BrNO4S. The Morgan fingerprint density at radius 2 is 2.38 bits per heavy atom. The monoisotopic (exact) mass is 315 g/mol. The van der Waals surface area contributed by atoms with Gasteiger partial charge in [-0.2, -0.15) is 0 Å². The maximum absolute atomic E-state index is 11.6. The zero-order valence-corrected chi connectivity index (χ0v) is 11.7. The molecular weight excluding hydrogens is 298 g/mol. The van der Waals surface area contributed by atoms with Crippen LogP contribution in [0.5, 0.6) is 0 Å². The molecule has 0 aromatic carbocycles. The van der Waals surface area contributed by atoms with Gasteiger partial charge in [0.25, 0.3) is 0 Å². The fourth-order valence-electron chi connectivity index (χ4n) is 1.54. The minimum absolute atomic E-state index is 0.00299. The van der Waals surface area contributed by atoms with Crippen molar-refractivity contribution in [3.8, 4) is 0 Å². The van der Waals surface area contributed by atoms with E-state index >= 15 is 0 Å². The summed E-state index contributed by atoms with van der Waals surface area (Å²) in [6.07, 6.45) is 1.63. The van der Waals surface area contributed by atoms with E-state index < -0.39 is 10.0 Å². The molecule has 1 aliphatic rings. The number of hydrogen-bond acceptors (Lipinski definition) is 4. The molecule has 1 aliphatic heterocycles. The molecule has 1 saturated heterocycles. The summed E-state index contributed by atoms with van der Waals surface area (Å²) in [5.74, 6) is 0.0553. The zero-order chi connectivity index (χ0) is 12.0. The Kier molecular flexibility index (Phi) is 6.20. The number of nitrogens with one attached hydrogen (secondary N) is 1. The van der Waals surface area contributed by atoms with Crippen LogP contribution in [0.1, 0.15) is 12.8 Å². The number of ether oxygens (including phenoxy) is 2. The highest BCUT2D eigenvalue weighted by Gasteiger charge is 2.23. The number of methoxy groups -OCH3 is 1. The van der Waals surface area contributed by atoms with Crippen molar-refractivity contribution in [3.05, 3.63) is 0 Å². The number of rotatable bonds is 7. The van der Waals surface area contributed by atoms with Crippen molar-refractivity contribution in [2.75, 3.05) is 32.6 Å². The van der Waals surface area contributed by atoms with Gasteiger partial charge < -0.3 is 9.47 Å². The van der Waals surface area contributed by atoms with E-state index in [9.17, 15) is 8.42 Å². The largest absolute Gasteiger partial charge is 0.383 e. The predicted molar refractivity (Wildman–Crippen MR) is 65.4 cm³/mol. The lowest BCUT2D eigenvalue weighted by Crippen LogP contribution is -2.36. The summed E-state index contributed by atoms with van der Waals surface area (Å²) in [6, 6.07) is 0. The van der Waals surface area contributed by atoms with Crippen LogP contribution in [-0.2, 0) is 19.5 Å². The van der Waals surface area contributed by atoms with E-state index in [0.717, 1.165) is 12.8 Å². The number of sulfonamides is 1. The minimum atomic E-state index is -3.24. The molecule has 0 aromatic heterocycles. The molecule has 0 bridgehead atoms. The summed E-state index contributed by atoms with van der Waals surface area (Å²) in [4.78, 5) is -0.00299. The Hall–Kier alpha value is 0.310. The highest BCUT2D eigenvalue weighted by molar-refractivity contribution is 9.09. The quantitative estimate of drug-likeness (QED) is 0.695. The molecule has 16 heavy (non-hydrogen) atoms. The van der Waals surface area contributed by atoms with Crippen LogP contribution >= 0.6 is 15.9 Å². The van der Waals surface area contributed by atoms with Gasteiger partial charge in [-0.25, -0.2) is 13.1 Å². The fourth-order valence-corrected chi connectivity index (χ4v) is 3.50. The Bertz CT molecular complexity index is 290. The molecule has 0 saturated carbocycles. The third kappa shape index (κ3) is 5.58. The molecule has 7 heteroatoms. The topological polar surface area (TPSA) is 64.6 Å². The van der Waals surface area contributed by atoms with Crippen LogP contribution in [-0.4, -0.2) is 52.0 Å². The third-order valence-electron chi connectivity index (χ3n) is 2.30. The van der Waals surface area contributed by atoms with Crippen molar-refractivity contribution in [1.82, 2.24) is 4.72 Å². The zero-order valence-electron chi connectivity index (χ0n) is 9.32. The normalized spacial score (nSPS) is 23.5. The molecule has 96 valence electrons.